The predicted molar refractivity (Wildman–Crippen MR) is 192 cm³/mol. The smallest absolute Gasteiger partial charge is 0.0240 e. The Balaban J connectivity index is 0.000000243. The van der Waals surface area contributed by atoms with E-state index in [0.717, 1.165) is 17.9 Å². The van der Waals surface area contributed by atoms with Gasteiger partial charge in [-0.05, 0) is 28.5 Å². The van der Waals surface area contributed by atoms with Crippen molar-refractivity contribution >= 4 is 62.2 Å². The van der Waals surface area contributed by atoms with Crippen LogP contribution in [0.2, 0.25) is 5.02 Å². The van der Waals surface area contributed by atoms with E-state index < -0.39 is 0 Å². The molecule has 222 valence electrons. The van der Waals surface area contributed by atoms with E-state index in [1.807, 2.05) is 42.5 Å². The first-order valence-electron chi connectivity index (χ1n) is 13.8. The van der Waals surface area contributed by atoms with Gasteiger partial charge in [-0.2, -0.15) is 72.3 Å². The molecule has 0 unspecified atom stereocenters. The fourth-order valence-corrected chi connectivity index (χ4v) is 5.03. The van der Waals surface area contributed by atoms with Crippen molar-refractivity contribution in [1.29, 1.82) is 0 Å². The van der Waals surface area contributed by atoms with Crippen LogP contribution in [0.1, 0.15) is 23.1 Å². The summed E-state index contributed by atoms with van der Waals surface area (Å²) in [4.78, 5) is 0. The summed E-state index contributed by atoms with van der Waals surface area (Å²) < 4.78 is 3.34. The van der Waals surface area contributed by atoms with Crippen LogP contribution in [-0.4, -0.2) is 4.21 Å². The van der Waals surface area contributed by atoms with Gasteiger partial charge in [-0.1, -0.05) is 65.9 Å². The Hall–Kier alpha value is -3.06. The molecule has 0 aromatic heterocycles. The number of aryl methyl sites for hydroxylation is 1. The Kier molecular flexibility index (Phi) is 16.9. The minimum Gasteiger partial charge on any atom is -0.147 e. The average Bonchev–Trinajstić information content (AvgIpc) is 3.76. The molecule has 0 spiro atoms. The number of benzene rings is 6. The first-order valence-corrected chi connectivity index (χ1v) is 15.9. The summed E-state index contributed by atoms with van der Waals surface area (Å²) in [6.45, 7) is 2.06. The normalized spacial score (nSPS) is 10.8. The van der Waals surface area contributed by atoms with E-state index in [9.17, 15) is 0 Å². The molecular formula is C40H33Cl3Zr-4. The Bertz CT molecular complexity index is 1730. The molecule has 0 aliphatic heterocycles. The molecule has 0 amide bonds. The zero-order chi connectivity index (χ0) is 29.6. The van der Waals surface area contributed by atoms with E-state index >= 15 is 0 Å². The number of halogens is 3. The zero-order valence-corrected chi connectivity index (χ0v) is 29.4. The quantitative estimate of drug-likeness (QED) is 0.109. The van der Waals surface area contributed by atoms with Crippen LogP contribution in [0.25, 0.3) is 32.7 Å². The third-order valence-corrected chi connectivity index (χ3v) is 7.00. The van der Waals surface area contributed by atoms with Crippen LogP contribution in [0.5, 0.6) is 0 Å². The van der Waals surface area contributed by atoms with Crippen LogP contribution >= 0.6 is 36.4 Å². The Morgan fingerprint density at radius 3 is 1.86 bits per heavy atom. The van der Waals surface area contributed by atoms with Crippen molar-refractivity contribution in [1.82, 2.24) is 0 Å². The van der Waals surface area contributed by atoms with Crippen LogP contribution in [0, 0.1) is 31.2 Å². The van der Waals surface area contributed by atoms with Gasteiger partial charge in [0.05, 0.1) is 0 Å². The molecule has 0 saturated heterocycles. The Morgan fingerprint density at radius 2 is 1.32 bits per heavy atom. The third kappa shape index (κ3) is 9.98. The molecule has 0 nitrogen and oxygen atoms in total. The van der Waals surface area contributed by atoms with E-state index in [2.05, 4.69) is 102 Å². The second kappa shape index (κ2) is 20.1. The topological polar surface area (TPSA) is 0 Å². The van der Waals surface area contributed by atoms with Crippen molar-refractivity contribution in [3.63, 3.8) is 0 Å². The second-order valence-electron chi connectivity index (χ2n) is 9.49. The molecule has 2 aliphatic rings. The number of hydrogen-bond acceptors (Lipinski definition) is 0. The molecule has 44 heavy (non-hydrogen) atoms. The van der Waals surface area contributed by atoms with Gasteiger partial charge in [0.15, 0.2) is 0 Å². The Morgan fingerprint density at radius 1 is 0.705 bits per heavy atom. The van der Waals surface area contributed by atoms with E-state index in [4.69, 9.17) is 11.6 Å². The van der Waals surface area contributed by atoms with Crippen molar-refractivity contribution in [2.24, 2.45) is 0 Å². The van der Waals surface area contributed by atoms with Gasteiger partial charge in [-0.3, -0.25) is 6.08 Å². The number of rotatable bonds is 0. The van der Waals surface area contributed by atoms with Crippen molar-refractivity contribution in [3.05, 3.63) is 179 Å². The van der Waals surface area contributed by atoms with Gasteiger partial charge in [0.2, 0.25) is 0 Å². The number of allylic oxidation sites excluding steroid dienone is 4. The maximum absolute atomic E-state index is 5.52. The van der Waals surface area contributed by atoms with Crippen molar-refractivity contribution in [2.45, 2.75) is 19.8 Å². The zero-order valence-electron chi connectivity index (χ0n) is 24.5. The summed E-state index contributed by atoms with van der Waals surface area (Å²) in [5.74, 6) is 0. The summed E-state index contributed by atoms with van der Waals surface area (Å²) in [5, 5.41) is 6.06. The summed E-state index contributed by atoms with van der Waals surface area (Å²) >= 11 is 6.82. The van der Waals surface area contributed by atoms with Gasteiger partial charge in [0, 0.05) is 0 Å². The molecular weight excluding hydrogens is 678 g/mol. The minimum atomic E-state index is 0. The molecule has 0 fully saturated rings. The van der Waals surface area contributed by atoms with Gasteiger partial charge in [-0.15, -0.1) is 83.4 Å². The molecule has 2 aliphatic carbocycles. The largest absolute Gasteiger partial charge is 0.147 e. The van der Waals surface area contributed by atoms with Crippen molar-refractivity contribution in [3.8, 4) is 11.1 Å². The number of fused-ring (bicyclic) bond motifs is 8. The van der Waals surface area contributed by atoms with Gasteiger partial charge >= 0.3 is 28.4 Å². The maximum atomic E-state index is 5.52. The Labute approximate surface area is 294 Å². The first-order chi connectivity index (χ1) is 20.7. The summed E-state index contributed by atoms with van der Waals surface area (Å²) in [6, 6.07) is 48.1. The fourth-order valence-electron chi connectivity index (χ4n) is 4.90. The van der Waals surface area contributed by atoms with E-state index in [1.165, 1.54) is 73.6 Å². The first kappa shape index (κ1) is 37.1. The monoisotopic (exact) mass is 708 g/mol. The van der Waals surface area contributed by atoms with Crippen LogP contribution in [0.4, 0.5) is 0 Å². The van der Waals surface area contributed by atoms with Crippen LogP contribution < -0.4 is 0 Å². The molecule has 6 aromatic rings. The van der Waals surface area contributed by atoms with E-state index in [0.29, 0.717) is 0 Å². The van der Waals surface area contributed by atoms with E-state index in [-0.39, 0.29) is 24.8 Å². The van der Waals surface area contributed by atoms with Gasteiger partial charge < -0.3 is 0 Å². The molecule has 0 saturated carbocycles. The van der Waals surface area contributed by atoms with E-state index in [1.54, 1.807) is 24.3 Å². The molecule has 4 heteroatoms. The van der Waals surface area contributed by atoms with Gasteiger partial charge in [0.25, 0.3) is 0 Å². The molecule has 0 heterocycles. The van der Waals surface area contributed by atoms with Crippen LogP contribution in [0.3, 0.4) is 0 Å². The van der Waals surface area contributed by atoms with Crippen molar-refractivity contribution in [2.75, 3.05) is 0 Å². The maximum Gasteiger partial charge on any atom is -0.0240 e. The summed E-state index contributed by atoms with van der Waals surface area (Å²) in [5.41, 5.74) is 6.96. The average molecular weight is 711 g/mol. The van der Waals surface area contributed by atoms with Crippen LogP contribution in [0.15, 0.2) is 133 Å². The van der Waals surface area contributed by atoms with Crippen LogP contribution in [-0.2, 0) is 30.7 Å². The number of hydrogen-bond donors (Lipinski definition) is 0. The molecule has 0 atom stereocenters. The standard InChI is InChI=1S/C21H13.C7H7.C6H4Cl.C5H5.CH2.2ClH.Zr/c1-2-8-15-14(7-1)13-20-18-11-4-3-9-16(18)17-10-5-6-12-19(17)21(15)20;1-7-5-3-2-4-6-7;7-6-4-2-1-3-5-6;1-2-4-5-3-1;;;;/h1-10,12H,13H2;3-6H,1H3;2-5H;1-3H,4H2;1H2;2*1H;/q4*-1;;;;. The molecule has 0 radical (unpaired) electrons. The summed E-state index contributed by atoms with van der Waals surface area (Å²) in [7, 11) is 0. The SMILES string of the molecule is Cc1cc[c-]cc1.Cl.Cl.Clc1cc[c-]cc1.[C-]1=CC=CC1.[CH2]=[Zr].[c-]1cccc2c1c1c(c3ccccc32)-c2ccccc2C1. The minimum absolute atomic E-state index is 0. The fraction of sp³-hybridized carbons (Fsp3) is 0.0750. The second-order valence-corrected chi connectivity index (χ2v) is 9.93. The molecule has 6 aromatic carbocycles. The molecule has 8 rings (SSSR count). The van der Waals surface area contributed by atoms with Gasteiger partial charge in [-0.25, -0.2) is 12.2 Å². The molecule has 0 bridgehead atoms. The van der Waals surface area contributed by atoms with Gasteiger partial charge in [0.1, 0.15) is 0 Å². The summed E-state index contributed by atoms with van der Waals surface area (Å²) in [6.07, 6.45) is 11.0. The van der Waals surface area contributed by atoms with Crippen molar-refractivity contribution < 1.29 is 24.2 Å². The molecule has 0 N–H and O–H groups in total. The third-order valence-electron chi connectivity index (χ3n) is 6.75. The predicted octanol–water partition coefficient (Wildman–Crippen LogP) is 11.4.